The number of pyridine rings is 1. The molecule has 0 radical (unpaired) electrons. The summed E-state index contributed by atoms with van der Waals surface area (Å²) >= 11 is 5.82. The molecule has 0 saturated carbocycles. The van der Waals surface area contributed by atoms with E-state index in [1.807, 2.05) is 19.1 Å². The quantitative estimate of drug-likeness (QED) is 0.645. The molecule has 2 heterocycles. The van der Waals surface area contributed by atoms with Crippen LogP contribution in [0.25, 0.3) is 0 Å². The molecule has 1 N–H and O–H groups in total. The topological polar surface area (TPSA) is 80.8 Å². The number of hydrogen-bond acceptors (Lipinski definition) is 5. The Morgan fingerprint density at radius 3 is 2.63 bits per heavy atom. The Labute approximate surface area is 181 Å². The number of nitrogens with one attached hydrogen (secondary N) is 1. The van der Waals surface area contributed by atoms with Gasteiger partial charge in [0.05, 0.1) is 17.2 Å². The summed E-state index contributed by atoms with van der Waals surface area (Å²) in [6, 6.07) is 10.6. The van der Waals surface area contributed by atoms with Gasteiger partial charge in [-0.1, -0.05) is 23.7 Å². The first-order valence-corrected chi connectivity index (χ1v) is 10.5. The van der Waals surface area contributed by atoms with Crippen molar-refractivity contribution < 1.29 is 19.1 Å². The van der Waals surface area contributed by atoms with Gasteiger partial charge in [0, 0.05) is 31.8 Å². The molecule has 0 unspecified atom stereocenters. The number of anilines is 1. The number of halogens is 1. The van der Waals surface area contributed by atoms with E-state index in [-0.39, 0.29) is 17.7 Å². The fourth-order valence-corrected chi connectivity index (χ4v) is 3.43. The van der Waals surface area contributed by atoms with Gasteiger partial charge in [-0.3, -0.25) is 9.59 Å². The second-order valence-electron chi connectivity index (χ2n) is 6.96. The Hall–Kier alpha value is -2.64. The molecule has 1 aromatic carbocycles. The van der Waals surface area contributed by atoms with Crippen LogP contribution in [0.3, 0.4) is 0 Å². The van der Waals surface area contributed by atoms with Gasteiger partial charge in [0.1, 0.15) is 18.2 Å². The SMILES string of the molecule is CCOCCOc1ccccc1C(=O)N1CCC(C(=O)Nc2ccc(Cl)cn2)CC1. The van der Waals surface area contributed by atoms with Gasteiger partial charge in [-0.15, -0.1) is 0 Å². The van der Waals surface area contributed by atoms with Crippen molar-refractivity contribution >= 4 is 29.2 Å². The average molecular weight is 432 g/mol. The third kappa shape index (κ3) is 5.93. The molecule has 0 spiro atoms. The van der Waals surface area contributed by atoms with Crippen LogP contribution < -0.4 is 10.1 Å². The van der Waals surface area contributed by atoms with E-state index in [1.165, 1.54) is 6.20 Å². The zero-order valence-corrected chi connectivity index (χ0v) is 17.7. The molecule has 1 aromatic heterocycles. The number of piperidine rings is 1. The summed E-state index contributed by atoms with van der Waals surface area (Å²) in [5, 5.41) is 3.33. The Balaban J connectivity index is 1.54. The van der Waals surface area contributed by atoms with Gasteiger partial charge in [0.2, 0.25) is 5.91 Å². The van der Waals surface area contributed by atoms with Crippen molar-refractivity contribution in [1.29, 1.82) is 0 Å². The van der Waals surface area contributed by atoms with Crippen LogP contribution in [0, 0.1) is 5.92 Å². The van der Waals surface area contributed by atoms with E-state index < -0.39 is 0 Å². The molecule has 0 bridgehead atoms. The van der Waals surface area contributed by atoms with Gasteiger partial charge in [0.15, 0.2) is 0 Å². The molecule has 1 aliphatic heterocycles. The van der Waals surface area contributed by atoms with E-state index in [4.69, 9.17) is 21.1 Å². The first-order valence-electron chi connectivity index (χ1n) is 10.1. The molecule has 0 atom stereocenters. The highest BCUT2D eigenvalue weighted by Gasteiger charge is 2.29. The zero-order chi connectivity index (χ0) is 21.3. The van der Waals surface area contributed by atoms with Crippen molar-refractivity contribution in [1.82, 2.24) is 9.88 Å². The van der Waals surface area contributed by atoms with Crippen molar-refractivity contribution in [2.75, 3.05) is 38.2 Å². The van der Waals surface area contributed by atoms with Gasteiger partial charge in [-0.2, -0.15) is 0 Å². The summed E-state index contributed by atoms with van der Waals surface area (Å²) in [7, 11) is 0. The lowest BCUT2D eigenvalue weighted by molar-refractivity contribution is -0.121. The number of likely N-dealkylation sites (tertiary alicyclic amines) is 1. The summed E-state index contributed by atoms with van der Waals surface area (Å²) in [5.74, 6) is 0.693. The summed E-state index contributed by atoms with van der Waals surface area (Å²) in [6.07, 6.45) is 2.68. The second kappa shape index (κ2) is 10.9. The summed E-state index contributed by atoms with van der Waals surface area (Å²) in [6.45, 7) is 4.44. The van der Waals surface area contributed by atoms with Crippen molar-refractivity contribution in [3.05, 3.63) is 53.2 Å². The number of nitrogens with zero attached hydrogens (tertiary/aromatic N) is 2. The standard InChI is InChI=1S/C22H26ClN3O4/c1-2-29-13-14-30-19-6-4-3-5-18(19)22(28)26-11-9-16(10-12-26)21(27)25-20-8-7-17(23)15-24-20/h3-8,15-16H,2,9-14H2,1H3,(H,24,25,27). The highest BCUT2D eigenvalue weighted by molar-refractivity contribution is 6.30. The molecule has 2 aromatic rings. The van der Waals surface area contributed by atoms with Crippen LogP contribution >= 0.6 is 11.6 Å². The Bertz CT molecular complexity index is 852. The van der Waals surface area contributed by atoms with Crippen LogP contribution in [0.15, 0.2) is 42.6 Å². The van der Waals surface area contributed by atoms with Gasteiger partial charge in [0.25, 0.3) is 5.91 Å². The smallest absolute Gasteiger partial charge is 0.257 e. The highest BCUT2D eigenvalue weighted by Crippen LogP contribution is 2.24. The van der Waals surface area contributed by atoms with Crippen LogP contribution in [0.1, 0.15) is 30.1 Å². The molecule has 2 amide bonds. The maximum Gasteiger partial charge on any atom is 0.257 e. The third-order valence-corrected chi connectivity index (χ3v) is 5.16. The Morgan fingerprint density at radius 2 is 1.93 bits per heavy atom. The zero-order valence-electron chi connectivity index (χ0n) is 17.0. The lowest BCUT2D eigenvalue weighted by Crippen LogP contribution is -2.41. The molecule has 0 aliphatic carbocycles. The minimum atomic E-state index is -0.163. The molecule has 8 heteroatoms. The molecular formula is C22H26ClN3O4. The Kier molecular flexibility index (Phi) is 8.04. The van der Waals surface area contributed by atoms with Crippen LogP contribution in [-0.4, -0.2) is 54.6 Å². The molecule has 1 fully saturated rings. The van der Waals surface area contributed by atoms with Gasteiger partial charge in [-0.25, -0.2) is 4.98 Å². The van der Waals surface area contributed by atoms with Crippen molar-refractivity contribution in [2.45, 2.75) is 19.8 Å². The Morgan fingerprint density at radius 1 is 1.17 bits per heavy atom. The normalized spacial score (nSPS) is 14.4. The number of carbonyl (C=O) groups excluding carboxylic acids is 2. The number of aromatic nitrogens is 1. The average Bonchev–Trinajstić information content (AvgIpc) is 2.78. The highest BCUT2D eigenvalue weighted by atomic mass is 35.5. The van der Waals surface area contributed by atoms with E-state index in [2.05, 4.69) is 10.3 Å². The van der Waals surface area contributed by atoms with E-state index in [9.17, 15) is 9.59 Å². The predicted molar refractivity (Wildman–Crippen MR) is 115 cm³/mol. The number of rotatable bonds is 8. The summed E-state index contributed by atoms with van der Waals surface area (Å²) in [4.78, 5) is 31.4. The van der Waals surface area contributed by atoms with E-state index >= 15 is 0 Å². The van der Waals surface area contributed by atoms with E-state index in [1.54, 1.807) is 29.2 Å². The van der Waals surface area contributed by atoms with E-state index in [0.717, 1.165) is 0 Å². The first kappa shape index (κ1) is 22.1. The maximum atomic E-state index is 13.0. The second-order valence-corrected chi connectivity index (χ2v) is 7.40. The molecule has 1 saturated heterocycles. The summed E-state index contributed by atoms with van der Waals surface area (Å²) < 4.78 is 11.0. The fraction of sp³-hybridized carbons (Fsp3) is 0.409. The number of para-hydroxylation sites is 1. The maximum absolute atomic E-state index is 13.0. The largest absolute Gasteiger partial charge is 0.490 e. The summed E-state index contributed by atoms with van der Waals surface area (Å²) in [5.41, 5.74) is 0.530. The molecule has 30 heavy (non-hydrogen) atoms. The van der Waals surface area contributed by atoms with Crippen LogP contribution in [0.2, 0.25) is 5.02 Å². The number of hydrogen-bond donors (Lipinski definition) is 1. The van der Waals surface area contributed by atoms with Crippen LogP contribution in [0.5, 0.6) is 5.75 Å². The van der Waals surface area contributed by atoms with E-state index in [0.29, 0.717) is 67.9 Å². The van der Waals surface area contributed by atoms with Crippen LogP contribution in [-0.2, 0) is 9.53 Å². The predicted octanol–water partition coefficient (Wildman–Crippen LogP) is 3.64. The molecule has 7 nitrogen and oxygen atoms in total. The van der Waals surface area contributed by atoms with Crippen molar-refractivity contribution in [2.24, 2.45) is 5.92 Å². The van der Waals surface area contributed by atoms with Crippen LogP contribution in [0.4, 0.5) is 5.82 Å². The molecular weight excluding hydrogens is 406 g/mol. The van der Waals surface area contributed by atoms with Gasteiger partial charge < -0.3 is 19.7 Å². The molecule has 160 valence electrons. The molecule has 1 aliphatic rings. The lowest BCUT2D eigenvalue weighted by atomic mass is 9.95. The number of carbonyl (C=O) groups is 2. The monoisotopic (exact) mass is 431 g/mol. The van der Waals surface area contributed by atoms with Crippen molar-refractivity contribution in [3.63, 3.8) is 0 Å². The fourth-order valence-electron chi connectivity index (χ4n) is 3.32. The minimum absolute atomic E-state index is 0.0831. The third-order valence-electron chi connectivity index (χ3n) is 4.94. The number of amides is 2. The minimum Gasteiger partial charge on any atom is -0.490 e. The number of ether oxygens (including phenoxy) is 2. The van der Waals surface area contributed by atoms with Gasteiger partial charge in [-0.05, 0) is 44.0 Å². The van der Waals surface area contributed by atoms with Crippen molar-refractivity contribution in [3.8, 4) is 5.75 Å². The first-order chi connectivity index (χ1) is 14.6. The number of benzene rings is 1. The molecule has 3 rings (SSSR count). The van der Waals surface area contributed by atoms with Gasteiger partial charge >= 0.3 is 0 Å². The lowest BCUT2D eigenvalue weighted by Gasteiger charge is -2.31.